The fraction of sp³-hybridized carbons (Fsp3) is 1.00. The van der Waals surface area contributed by atoms with Crippen LogP contribution in [-0.2, 0) is 0 Å². The van der Waals surface area contributed by atoms with Crippen LogP contribution >= 0.6 is 34.8 Å². The standard InChI is InChI=1S/CCl3.Pb/c2-1(3)4;. The molecular formula is CCl3Pb. The summed E-state index contributed by atoms with van der Waals surface area (Å²) in [5, 5.41) is 0. The Morgan fingerprint density at radius 3 is 1.20 bits per heavy atom. The third-order valence-electron chi connectivity index (χ3n) is 0. The zero-order chi connectivity index (χ0) is 4.50. The van der Waals surface area contributed by atoms with E-state index in [1.807, 2.05) is 0 Å². The fourth-order valence-corrected chi connectivity index (χ4v) is 0. The molecule has 0 unspecified atom stereocenters. The van der Waals surface area contributed by atoms with E-state index in [9.17, 15) is 0 Å². The van der Waals surface area contributed by atoms with Crippen molar-refractivity contribution in [2.75, 3.05) is 0 Å². The molecule has 0 nitrogen and oxygen atoms in total. The molecule has 0 N–H and O–H groups in total. The van der Waals surface area contributed by atoms with Gasteiger partial charge in [-0.1, -0.05) is 0 Å². The number of rotatable bonds is 0. The first-order valence-corrected chi connectivity index (χ1v) is 3.89. The molecule has 4 heteroatoms. The van der Waals surface area contributed by atoms with Crippen LogP contribution in [0, 0.1) is 0 Å². The summed E-state index contributed by atoms with van der Waals surface area (Å²) in [7, 11) is 0. The summed E-state index contributed by atoms with van der Waals surface area (Å²) in [5.41, 5.74) is 0. The zero-order valence-electron chi connectivity index (χ0n) is 2.13. The molecule has 0 atom stereocenters. The molecule has 0 aromatic heterocycles. The van der Waals surface area contributed by atoms with E-state index in [4.69, 9.17) is 34.8 Å². The third kappa shape index (κ3) is 25.9. The second kappa shape index (κ2) is 2.19. The van der Waals surface area contributed by atoms with Gasteiger partial charge in [0, 0.05) is 0 Å². The summed E-state index contributed by atoms with van der Waals surface area (Å²) in [4.78, 5) is 0. The number of alkyl halides is 3. The Balaban J connectivity index is 3.02. The van der Waals surface area contributed by atoms with Gasteiger partial charge in [0.15, 0.2) is 0 Å². The Morgan fingerprint density at radius 1 is 1.20 bits per heavy atom. The quantitative estimate of drug-likeness (QED) is 0.467. The molecule has 0 fully saturated rings. The SMILES string of the molecule is Cl[C](Cl)(Cl)[Pb]. The Hall–Kier alpha value is 1.79. The van der Waals surface area contributed by atoms with Crippen molar-refractivity contribution in [3.8, 4) is 0 Å². The average molecular weight is 326 g/mol. The van der Waals surface area contributed by atoms with Crippen molar-refractivity contribution in [2.45, 2.75) is 1.35 Å². The van der Waals surface area contributed by atoms with Gasteiger partial charge in [-0.3, -0.25) is 0 Å². The van der Waals surface area contributed by atoms with Crippen LogP contribution in [0.25, 0.3) is 0 Å². The van der Waals surface area contributed by atoms with Crippen molar-refractivity contribution in [2.24, 2.45) is 0 Å². The van der Waals surface area contributed by atoms with Gasteiger partial charge in [0.2, 0.25) is 0 Å². The number of hydrogen-bond donors (Lipinski definition) is 0. The minimum absolute atomic E-state index is 0.604. The van der Waals surface area contributed by atoms with Crippen molar-refractivity contribution in [1.82, 2.24) is 0 Å². The molecule has 3 radical (unpaired) electrons. The van der Waals surface area contributed by atoms with E-state index < -0.39 is 1.35 Å². The van der Waals surface area contributed by atoms with E-state index in [2.05, 4.69) is 0 Å². The van der Waals surface area contributed by atoms with Gasteiger partial charge in [0.05, 0.1) is 0 Å². The Kier molecular flexibility index (Phi) is 2.98. The molecule has 5 heavy (non-hydrogen) atoms. The van der Waals surface area contributed by atoms with Crippen LogP contribution in [0.1, 0.15) is 0 Å². The monoisotopic (exact) mass is 325 g/mol. The van der Waals surface area contributed by atoms with Gasteiger partial charge in [-0.2, -0.15) is 0 Å². The third-order valence-corrected chi connectivity index (χ3v) is 0. The molecule has 0 saturated heterocycles. The van der Waals surface area contributed by atoms with Crippen LogP contribution in [0.4, 0.5) is 0 Å². The minimum atomic E-state index is -0.944. The molecular weight excluding hydrogens is 326 g/mol. The Bertz CT molecular complexity index is 22.4. The summed E-state index contributed by atoms with van der Waals surface area (Å²) in [6.07, 6.45) is 0. The molecule has 0 spiro atoms. The second-order valence-electron chi connectivity index (χ2n) is 0.498. The van der Waals surface area contributed by atoms with Gasteiger partial charge in [-0.25, -0.2) is 0 Å². The Morgan fingerprint density at radius 2 is 1.20 bits per heavy atom. The van der Waals surface area contributed by atoms with E-state index in [0.29, 0.717) is 25.8 Å². The summed E-state index contributed by atoms with van der Waals surface area (Å²) < 4.78 is -0.944. The molecule has 0 amide bonds. The van der Waals surface area contributed by atoms with Crippen LogP contribution in [0.15, 0.2) is 0 Å². The second-order valence-corrected chi connectivity index (χ2v) is 9.39. The molecule has 29 valence electrons. The molecule has 0 aromatic carbocycles. The molecule has 0 rings (SSSR count). The first kappa shape index (κ1) is 6.79. The van der Waals surface area contributed by atoms with Gasteiger partial charge in [0.1, 0.15) is 0 Å². The van der Waals surface area contributed by atoms with Gasteiger partial charge < -0.3 is 0 Å². The van der Waals surface area contributed by atoms with Crippen molar-refractivity contribution < 1.29 is 0 Å². The topological polar surface area (TPSA) is 0 Å². The maximum absolute atomic E-state index is 5.12. The van der Waals surface area contributed by atoms with E-state index in [-0.39, 0.29) is 0 Å². The molecule has 0 heterocycles. The van der Waals surface area contributed by atoms with E-state index in [1.54, 1.807) is 0 Å². The molecule has 0 saturated carbocycles. The van der Waals surface area contributed by atoms with Gasteiger partial charge in [-0.05, 0) is 0 Å². The van der Waals surface area contributed by atoms with Crippen LogP contribution in [0.3, 0.4) is 0 Å². The first-order chi connectivity index (χ1) is 2.00. The van der Waals surface area contributed by atoms with Crippen LogP contribution in [0.2, 0.25) is 0 Å². The number of hydrogen-bond acceptors (Lipinski definition) is 0. The molecule has 0 aliphatic heterocycles. The molecule has 0 bridgehead atoms. The Labute approximate surface area is 61.5 Å². The molecule has 0 aliphatic rings. The van der Waals surface area contributed by atoms with Gasteiger partial charge in [-0.15, -0.1) is 0 Å². The van der Waals surface area contributed by atoms with E-state index in [1.165, 1.54) is 0 Å². The van der Waals surface area contributed by atoms with Crippen molar-refractivity contribution >= 4 is 60.6 Å². The van der Waals surface area contributed by atoms with E-state index in [0.717, 1.165) is 0 Å². The molecule has 0 aromatic rings. The predicted octanol–water partition coefficient (Wildman–Crippen LogP) is 1.48. The summed E-state index contributed by atoms with van der Waals surface area (Å²) in [6.45, 7) is 0. The normalized spacial score (nSPS) is 12.0. The van der Waals surface area contributed by atoms with Crippen LogP contribution in [-0.4, -0.2) is 27.1 Å². The average Bonchev–Trinajstić information content (AvgIpc) is 0.722. The van der Waals surface area contributed by atoms with Gasteiger partial charge >= 0.3 is 61.9 Å². The van der Waals surface area contributed by atoms with Crippen LogP contribution < -0.4 is 0 Å². The summed E-state index contributed by atoms with van der Waals surface area (Å²) in [5.74, 6) is 0. The van der Waals surface area contributed by atoms with Gasteiger partial charge in [0.25, 0.3) is 0 Å². The van der Waals surface area contributed by atoms with Crippen molar-refractivity contribution in [1.29, 1.82) is 0 Å². The summed E-state index contributed by atoms with van der Waals surface area (Å²) in [6, 6.07) is 0. The maximum atomic E-state index is 5.12. The fourth-order valence-electron chi connectivity index (χ4n) is 0. The molecule has 0 aliphatic carbocycles. The van der Waals surface area contributed by atoms with E-state index >= 15 is 0 Å². The van der Waals surface area contributed by atoms with Crippen LogP contribution in [0.5, 0.6) is 0 Å². The van der Waals surface area contributed by atoms with Crippen molar-refractivity contribution in [3.05, 3.63) is 0 Å². The number of halogens is 3. The summed E-state index contributed by atoms with van der Waals surface area (Å²) >= 11 is 16.0. The zero-order valence-corrected chi connectivity index (χ0v) is 8.29. The predicted molar refractivity (Wildman–Crippen MR) is 26.0 cm³/mol. The first-order valence-electron chi connectivity index (χ1n) is 0.817. The van der Waals surface area contributed by atoms with Crippen molar-refractivity contribution in [3.63, 3.8) is 0 Å².